The summed E-state index contributed by atoms with van der Waals surface area (Å²) in [5, 5.41) is 0. The van der Waals surface area contributed by atoms with Crippen molar-refractivity contribution in [3.63, 3.8) is 0 Å². The van der Waals surface area contributed by atoms with Crippen molar-refractivity contribution in [3.05, 3.63) is 33.8 Å². The Morgan fingerprint density at radius 2 is 1.91 bits per heavy atom. The van der Waals surface area contributed by atoms with Crippen molar-refractivity contribution in [2.45, 2.75) is 72.1 Å². The van der Waals surface area contributed by atoms with E-state index in [-0.39, 0.29) is 5.41 Å². The topological polar surface area (TPSA) is 9.23 Å². The Kier molecular flexibility index (Phi) is 6.36. The van der Waals surface area contributed by atoms with E-state index in [2.05, 4.69) is 68.8 Å². The lowest BCUT2D eigenvalue weighted by Crippen LogP contribution is -2.23. The van der Waals surface area contributed by atoms with Gasteiger partial charge in [-0.15, -0.1) is 0 Å². The van der Waals surface area contributed by atoms with Crippen LogP contribution in [0.5, 0.6) is 5.75 Å². The first-order valence-electron chi connectivity index (χ1n) is 9.04. The van der Waals surface area contributed by atoms with Gasteiger partial charge in [0.2, 0.25) is 0 Å². The highest BCUT2D eigenvalue weighted by Crippen LogP contribution is 2.45. The Morgan fingerprint density at radius 3 is 2.57 bits per heavy atom. The summed E-state index contributed by atoms with van der Waals surface area (Å²) in [6.07, 6.45) is 8.48. The largest absolute Gasteiger partial charge is 0.492 e. The quantitative estimate of drug-likeness (QED) is 0.458. The molecule has 0 radical (unpaired) electrons. The average molecular weight is 379 g/mol. The maximum absolute atomic E-state index is 6.07. The Morgan fingerprint density at radius 1 is 1.17 bits per heavy atom. The normalized spacial score (nSPS) is 16.2. The van der Waals surface area contributed by atoms with Crippen LogP contribution in [0.1, 0.15) is 77.8 Å². The smallest absolute Gasteiger partial charge is 0.133 e. The standard InChI is InChI=1S/C21H31BrO/c1-6-7-8-9-12-23-20-14-18-17(13-19(20)22)16(15(2)3)10-11-21(18,4)5/h10,13-15H,6-9,11-12H2,1-5H3. The van der Waals surface area contributed by atoms with Gasteiger partial charge < -0.3 is 4.74 Å². The molecule has 1 aromatic carbocycles. The number of fused-ring (bicyclic) bond motifs is 1. The van der Waals surface area contributed by atoms with Crippen LogP contribution in [-0.4, -0.2) is 6.61 Å². The molecule has 1 aliphatic rings. The van der Waals surface area contributed by atoms with Gasteiger partial charge in [0.25, 0.3) is 0 Å². The Labute approximate surface area is 150 Å². The monoisotopic (exact) mass is 378 g/mol. The van der Waals surface area contributed by atoms with E-state index in [0.717, 1.165) is 29.7 Å². The molecule has 1 nitrogen and oxygen atoms in total. The number of ether oxygens (including phenoxy) is 1. The summed E-state index contributed by atoms with van der Waals surface area (Å²) in [4.78, 5) is 0. The molecule has 2 heteroatoms. The van der Waals surface area contributed by atoms with Crippen molar-refractivity contribution in [2.24, 2.45) is 5.92 Å². The molecule has 0 unspecified atom stereocenters. The van der Waals surface area contributed by atoms with E-state index in [0.29, 0.717) is 5.92 Å². The summed E-state index contributed by atoms with van der Waals surface area (Å²) < 4.78 is 7.15. The molecule has 1 aliphatic carbocycles. The third-order valence-electron chi connectivity index (χ3n) is 4.82. The van der Waals surface area contributed by atoms with Crippen LogP contribution in [0.15, 0.2) is 22.7 Å². The van der Waals surface area contributed by atoms with Gasteiger partial charge in [-0.3, -0.25) is 0 Å². The molecule has 23 heavy (non-hydrogen) atoms. The molecule has 1 aromatic rings. The summed E-state index contributed by atoms with van der Waals surface area (Å²) in [7, 11) is 0. The lowest BCUT2D eigenvalue weighted by molar-refractivity contribution is 0.302. The fourth-order valence-corrected chi connectivity index (χ4v) is 3.76. The maximum atomic E-state index is 6.07. The lowest BCUT2D eigenvalue weighted by atomic mass is 9.71. The minimum atomic E-state index is 0.175. The molecule has 0 atom stereocenters. The van der Waals surface area contributed by atoms with Crippen LogP contribution in [-0.2, 0) is 5.41 Å². The van der Waals surface area contributed by atoms with Crippen LogP contribution in [0.3, 0.4) is 0 Å². The van der Waals surface area contributed by atoms with Gasteiger partial charge in [-0.05, 0) is 68.9 Å². The summed E-state index contributed by atoms with van der Waals surface area (Å²) in [6.45, 7) is 12.3. The van der Waals surface area contributed by atoms with E-state index < -0.39 is 0 Å². The molecule has 0 saturated carbocycles. The zero-order valence-electron chi connectivity index (χ0n) is 15.3. The molecule has 0 spiro atoms. The molecule has 0 heterocycles. The zero-order chi connectivity index (χ0) is 17.0. The highest BCUT2D eigenvalue weighted by Gasteiger charge is 2.30. The van der Waals surface area contributed by atoms with E-state index in [1.807, 2.05) is 0 Å². The molecule has 0 amide bonds. The summed E-state index contributed by atoms with van der Waals surface area (Å²) in [5.41, 5.74) is 4.46. The Balaban J connectivity index is 2.23. The van der Waals surface area contributed by atoms with Crippen molar-refractivity contribution < 1.29 is 4.74 Å². The minimum absolute atomic E-state index is 0.175. The lowest BCUT2D eigenvalue weighted by Gasteiger charge is -2.34. The van der Waals surface area contributed by atoms with Crippen LogP contribution in [0.2, 0.25) is 0 Å². The summed E-state index contributed by atoms with van der Waals surface area (Å²) in [6, 6.07) is 4.54. The second-order valence-corrected chi connectivity index (χ2v) is 8.49. The predicted octanol–water partition coefficient (Wildman–Crippen LogP) is 7.13. The number of hydrogen-bond acceptors (Lipinski definition) is 1. The predicted molar refractivity (Wildman–Crippen MR) is 104 cm³/mol. The highest BCUT2D eigenvalue weighted by molar-refractivity contribution is 9.10. The van der Waals surface area contributed by atoms with Gasteiger partial charge in [-0.25, -0.2) is 0 Å². The van der Waals surface area contributed by atoms with Gasteiger partial charge in [0, 0.05) is 0 Å². The number of rotatable bonds is 7. The first kappa shape index (κ1) is 18.6. The van der Waals surface area contributed by atoms with Gasteiger partial charge in [0.15, 0.2) is 0 Å². The fraction of sp³-hybridized carbons (Fsp3) is 0.619. The Bertz CT molecular complexity index is 569. The number of benzene rings is 1. The third kappa shape index (κ3) is 4.41. The average Bonchev–Trinajstić information content (AvgIpc) is 2.47. The van der Waals surface area contributed by atoms with E-state index in [1.54, 1.807) is 0 Å². The Hall–Kier alpha value is -0.760. The van der Waals surface area contributed by atoms with Gasteiger partial charge in [-0.1, -0.05) is 60.0 Å². The second kappa shape index (κ2) is 7.88. The molecule has 0 aromatic heterocycles. The van der Waals surface area contributed by atoms with Crippen LogP contribution in [0.4, 0.5) is 0 Å². The molecular formula is C21H31BrO. The van der Waals surface area contributed by atoms with Crippen LogP contribution in [0, 0.1) is 5.92 Å². The number of allylic oxidation sites excluding steroid dienone is 2. The van der Waals surface area contributed by atoms with Crippen molar-refractivity contribution in [3.8, 4) is 5.75 Å². The molecule has 0 saturated heterocycles. The maximum Gasteiger partial charge on any atom is 0.133 e. The van der Waals surface area contributed by atoms with E-state index >= 15 is 0 Å². The van der Waals surface area contributed by atoms with E-state index in [4.69, 9.17) is 4.74 Å². The van der Waals surface area contributed by atoms with Crippen molar-refractivity contribution in [1.29, 1.82) is 0 Å². The van der Waals surface area contributed by atoms with E-state index in [1.165, 1.54) is 36.0 Å². The summed E-state index contributed by atoms with van der Waals surface area (Å²) in [5.74, 6) is 1.55. The van der Waals surface area contributed by atoms with Gasteiger partial charge in [-0.2, -0.15) is 0 Å². The number of unbranched alkanes of at least 4 members (excludes halogenated alkanes) is 3. The second-order valence-electron chi connectivity index (χ2n) is 7.64. The van der Waals surface area contributed by atoms with Crippen molar-refractivity contribution >= 4 is 21.5 Å². The fourth-order valence-electron chi connectivity index (χ4n) is 3.31. The zero-order valence-corrected chi connectivity index (χ0v) is 16.9. The molecule has 0 aliphatic heterocycles. The number of halogens is 1. The van der Waals surface area contributed by atoms with Crippen molar-refractivity contribution in [1.82, 2.24) is 0 Å². The van der Waals surface area contributed by atoms with Crippen LogP contribution in [0.25, 0.3) is 5.57 Å². The molecule has 128 valence electrons. The van der Waals surface area contributed by atoms with Gasteiger partial charge >= 0.3 is 0 Å². The van der Waals surface area contributed by atoms with E-state index in [9.17, 15) is 0 Å². The SMILES string of the molecule is CCCCCCOc1cc2c(cc1Br)C(C(C)C)=CCC2(C)C. The van der Waals surface area contributed by atoms with Crippen LogP contribution < -0.4 is 4.74 Å². The molecule has 0 N–H and O–H groups in total. The summed E-state index contributed by atoms with van der Waals surface area (Å²) >= 11 is 3.72. The van der Waals surface area contributed by atoms with Gasteiger partial charge in [0.05, 0.1) is 11.1 Å². The number of hydrogen-bond donors (Lipinski definition) is 0. The third-order valence-corrected chi connectivity index (χ3v) is 5.44. The van der Waals surface area contributed by atoms with Gasteiger partial charge in [0.1, 0.15) is 5.75 Å². The highest BCUT2D eigenvalue weighted by atomic mass is 79.9. The van der Waals surface area contributed by atoms with Crippen LogP contribution >= 0.6 is 15.9 Å². The first-order chi connectivity index (χ1) is 10.9. The molecule has 2 rings (SSSR count). The molecule has 0 fully saturated rings. The van der Waals surface area contributed by atoms with Crippen molar-refractivity contribution in [2.75, 3.05) is 6.61 Å². The molecule has 0 bridgehead atoms. The first-order valence-corrected chi connectivity index (χ1v) is 9.83. The minimum Gasteiger partial charge on any atom is -0.492 e. The molecular weight excluding hydrogens is 348 g/mol.